The molecule has 0 aromatic heterocycles. The zero-order valence-corrected chi connectivity index (χ0v) is 19.7. The maximum Gasteiger partial charge on any atom is 0.497 e. The number of amides is 2. The summed E-state index contributed by atoms with van der Waals surface area (Å²) in [4.78, 5) is 26.3. The molecule has 1 atom stereocenters. The summed E-state index contributed by atoms with van der Waals surface area (Å²) in [6, 6.07) is 1.40. The lowest BCUT2D eigenvalue weighted by Gasteiger charge is -2.32. The van der Waals surface area contributed by atoms with Gasteiger partial charge in [0, 0.05) is 24.6 Å². The number of hydrogen-bond acceptors (Lipinski definition) is 5. The highest BCUT2D eigenvalue weighted by Gasteiger charge is 2.52. The second kappa shape index (κ2) is 8.30. The fraction of sp³-hybridized carbons (Fsp3) is 0.636. The van der Waals surface area contributed by atoms with E-state index in [0.717, 1.165) is 12.1 Å². The Labute approximate surface area is 187 Å². The molecule has 2 fully saturated rings. The number of benzene rings is 1. The first-order chi connectivity index (χ1) is 14.6. The molecule has 1 unspecified atom stereocenters. The molecule has 0 radical (unpaired) electrons. The summed E-state index contributed by atoms with van der Waals surface area (Å²) in [5, 5.41) is 2.67. The molecule has 0 bridgehead atoms. The first kappa shape index (κ1) is 24.4. The van der Waals surface area contributed by atoms with E-state index in [1.54, 1.807) is 20.8 Å². The van der Waals surface area contributed by atoms with Crippen molar-refractivity contribution in [3.63, 3.8) is 0 Å². The molecule has 176 valence electrons. The van der Waals surface area contributed by atoms with Crippen LogP contribution in [-0.4, -0.2) is 60.0 Å². The Hall–Kier alpha value is -2.20. The zero-order chi connectivity index (χ0) is 24.1. The molecule has 2 aliphatic heterocycles. The molecule has 2 heterocycles. The molecule has 7 nitrogen and oxygen atoms in total. The molecule has 10 heteroatoms. The van der Waals surface area contributed by atoms with Crippen LogP contribution in [0, 0.1) is 11.6 Å². The lowest BCUT2D eigenvalue weighted by molar-refractivity contribution is 0.00578. The fourth-order valence-corrected chi connectivity index (χ4v) is 3.52. The largest absolute Gasteiger partial charge is 0.497 e. The maximum atomic E-state index is 14.8. The molecule has 32 heavy (non-hydrogen) atoms. The third kappa shape index (κ3) is 5.06. The predicted molar refractivity (Wildman–Crippen MR) is 116 cm³/mol. The third-order valence-corrected chi connectivity index (χ3v) is 6.01. The molecule has 2 aliphatic rings. The Morgan fingerprint density at radius 2 is 1.72 bits per heavy atom. The normalized spacial score (nSPS) is 22.2. The molecule has 0 spiro atoms. The fourth-order valence-electron chi connectivity index (χ4n) is 3.52. The summed E-state index contributed by atoms with van der Waals surface area (Å²) in [7, 11) is -1.08. The van der Waals surface area contributed by atoms with Gasteiger partial charge in [0.2, 0.25) is 0 Å². The van der Waals surface area contributed by atoms with Crippen LogP contribution in [-0.2, 0) is 14.0 Å². The molecule has 0 aliphatic carbocycles. The minimum Gasteiger partial charge on any atom is -0.444 e. The Morgan fingerprint density at radius 3 is 2.28 bits per heavy atom. The molecule has 1 N–H and O–H groups in total. The van der Waals surface area contributed by atoms with Crippen LogP contribution in [0.15, 0.2) is 12.1 Å². The molecule has 1 aromatic rings. The average molecular weight is 452 g/mol. The Bertz CT molecular complexity index is 900. The van der Waals surface area contributed by atoms with Gasteiger partial charge < -0.3 is 24.3 Å². The number of carbonyl (C=O) groups is 2. The van der Waals surface area contributed by atoms with Gasteiger partial charge in [-0.05, 0) is 67.0 Å². The number of nitrogens with zero attached hydrogens (tertiary/aromatic N) is 1. The second-order valence-electron chi connectivity index (χ2n) is 10.3. The molecule has 0 saturated carbocycles. The number of likely N-dealkylation sites (tertiary alicyclic amines) is 1. The summed E-state index contributed by atoms with van der Waals surface area (Å²) in [5.41, 5.74) is -2.57. The van der Waals surface area contributed by atoms with Crippen LogP contribution in [0.1, 0.15) is 65.2 Å². The topological polar surface area (TPSA) is 77.1 Å². The van der Waals surface area contributed by atoms with Gasteiger partial charge in [-0.2, -0.15) is 0 Å². The van der Waals surface area contributed by atoms with Gasteiger partial charge in [0.25, 0.3) is 5.91 Å². The van der Waals surface area contributed by atoms with Gasteiger partial charge in [-0.3, -0.25) is 4.79 Å². The number of halogens is 2. The van der Waals surface area contributed by atoms with E-state index in [1.165, 1.54) is 4.90 Å². The van der Waals surface area contributed by atoms with Crippen molar-refractivity contribution in [2.45, 2.75) is 77.7 Å². The number of carbonyl (C=O) groups excluding carboxylic acids is 2. The SMILES string of the molecule is CC(C)(C)OC(=O)N1CCC(NC(=O)c2cc(F)c(B3OC(C)(C)C(C)(C)O3)cc2F)C1. The van der Waals surface area contributed by atoms with Crippen molar-refractivity contribution in [1.82, 2.24) is 10.2 Å². The van der Waals surface area contributed by atoms with Gasteiger partial charge in [0.1, 0.15) is 17.2 Å². The van der Waals surface area contributed by atoms with Crippen LogP contribution in [0.25, 0.3) is 0 Å². The average Bonchev–Trinajstić information content (AvgIpc) is 3.17. The number of rotatable bonds is 3. The highest BCUT2D eigenvalue weighted by Crippen LogP contribution is 2.36. The number of hydrogen-bond donors (Lipinski definition) is 1. The quantitative estimate of drug-likeness (QED) is 0.714. The van der Waals surface area contributed by atoms with Crippen LogP contribution < -0.4 is 10.8 Å². The summed E-state index contributed by atoms with van der Waals surface area (Å²) in [6.45, 7) is 13.2. The van der Waals surface area contributed by atoms with E-state index >= 15 is 0 Å². The van der Waals surface area contributed by atoms with E-state index in [0.29, 0.717) is 13.0 Å². The first-order valence-electron chi connectivity index (χ1n) is 10.7. The monoisotopic (exact) mass is 452 g/mol. The van der Waals surface area contributed by atoms with E-state index in [-0.39, 0.29) is 18.0 Å². The molecular weight excluding hydrogens is 421 g/mol. The summed E-state index contributed by atoms with van der Waals surface area (Å²) in [6.07, 6.45) is 0.0133. The zero-order valence-electron chi connectivity index (χ0n) is 19.7. The Balaban J connectivity index is 1.67. The van der Waals surface area contributed by atoms with Crippen molar-refractivity contribution >= 4 is 24.6 Å². The predicted octanol–water partition coefficient (Wildman–Crippen LogP) is 3.00. The van der Waals surface area contributed by atoms with Crippen LogP contribution in [0.5, 0.6) is 0 Å². The van der Waals surface area contributed by atoms with Gasteiger partial charge in [-0.1, -0.05) is 0 Å². The summed E-state index contributed by atoms with van der Waals surface area (Å²) < 4.78 is 46.5. The van der Waals surface area contributed by atoms with E-state index in [2.05, 4.69) is 5.32 Å². The molecule has 2 saturated heterocycles. The van der Waals surface area contributed by atoms with Crippen molar-refractivity contribution in [1.29, 1.82) is 0 Å². The van der Waals surface area contributed by atoms with E-state index in [9.17, 15) is 18.4 Å². The van der Waals surface area contributed by atoms with Crippen LogP contribution >= 0.6 is 0 Å². The van der Waals surface area contributed by atoms with Crippen LogP contribution in [0.2, 0.25) is 0 Å². The third-order valence-electron chi connectivity index (χ3n) is 6.01. The van der Waals surface area contributed by atoms with Crippen molar-refractivity contribution in [3.8, 4) is 0 Å². The highest BCUT2D eigenvalue weighted by atomic mass is 19.1. The van der Waals surface area contributed by atoms with Crippen molar-refractivity contribution in [2.24, 2.45) is 0 Å². The number of ether oxygens (including phenoxy) is 1. The van der Waals surface area contributed by atoms with E-state index in [1.807, 2.05) is 27.7 Å². The van der Waals surface area contributed by atoms with Crippen molar-refractivity contribution < 1.29 is 32.4 Å². The maximum absolute atomic E-state index is 14.8. The van der Waals surface area contributed by atoms with E-state index < -0.39 is 53.1 Å². The lowest BCUT2D eigenvalue weighted by atomic mass is 9.78. The highest BCUT2D eigenvalue weighted by molar-refractivity contribution is 6.62. The smallest absolute Gasteiger partial charge is 0.444 e. The summed E-state index contributed by atoms with van der Waals surface area (Å²) in [5.74, 6) is -2.43. The van der Waals surface area contributed by atoms with Gasteiger partial charge in [0.15, 0.2) is 0 Å². The van der Waals surface area contributed by atoms with E-state index in [4.69, 9.17) is 14.0 Å². The van der Waals surface area contributed by atoms with Crippen molar-refractivity contribution in [3.05, 3.63) is 29.3 Å². The number of nitrogens with one attached hydrogen (secondary N) is 1. The van der Waals surface area contributed by atoms with Gasteiger partial charge in [-0.25, -0.2) is 13.6 Å². The van der Waals surface area contributed by atoms with Crippen molar-refractivity contribution in [2.75, 3.05) is 13.1 Å². The first-order valence-corrected chi connectivity index (χ1v) is 10.7. The van der Waals surface area contributed by atoms with Gasteiger partial charge in [-0.15, -0.1) is 0 Å². The van der Waals surface area contributed by atoms with Crippen LogP contribution in [0.3, 0.4) is 0 Å². The van der Waals surface area contributed by atoms with Crippen LogP contribution in [0.4, 0.5) is 13.6 Å². The standard InChI is InChI=1S/C22H31BF2N2O5/c1-20(2,3)30-19(29)27-9-8-13(12-27)26-18(28)14-10-17(25)15(11-16(14)24)23-31-21(4,5)22(6,7)32-23/h10-11,13H,8-9,12H2,1-7H3,(H,26,28). The summed E-state index contributed by atoms with van der Waals surface area (Å²) >= 11 is 0. The second-order valence-corrected chi connectivity index (χ2v) is 10.3. The minimum absolute atomic E-state index is 0.102. The molecule has 1 aromatic carbocycles. The Kier molecular flexibility index (Phi) is 6.34. The lowest BCUT2D eigenvalue weighted by Crippen LogP contribution is -2.41. The molecule has 3 rings (SSSR count). The molecule has 2 amide bonds. The van der Waals surface area contributed by atoms with Gasteiger partial charge in [0.05, 0.1) is 16.8 Å². The van der Waals surface area contributed by atoms with Gasteiger partial charge >= 0.3 is 13.2 Å². The molecular formula is C22H31BF2N2O5. The minimum atomic E-state index is -1.08. The Morgan fingerprint density at radius 1 is 1.12 bits per heavy atom.